The Morgan fingerprint density at radius 2 is 1.37 bits per heavy atom. The molecule has 2 unspecified atom stereocenters. The maximum atomic E-state index is 14.2. The number of urea groups is 1. The number of pyridine rings is 2. The first-order chi connectivity index (χ1) is 17.7. The number of sulfone groups is 1. The zero-order valence-electron chi connectivity index (χ0n) is 20.1. The summed E-state index contributed by atoms with van der Waals surface area (Å²) in [5.41, 5.74) is 6.59. The SMILES string of the molecule is CC(c1ccncc1N)C1(C(C)c2ccncc2N)NC(=O)N(c2ccc(S(=O)(=O)C(F)(F)F)cc2)C1=O. The van der Waals surface area contributed by atoms with Crippen molar-refractivity contribution in [3.8, 4) is 0 Å². The van der Waals surface area contributed by atoms with E-state index in [0.29, 0.717) is 23.3 Å². The Balaban J connectivity index is 1.84. The summed E-state index contributed by atoms with van der Waals surface area (Å²) in [6.45, 7) is 3.39. The number of carbonyl (C=O) groups excluding carboxylic acids is 2. The molecule has 14 heteroatoms. The fourth-order valence-electron chi connectivity index (χ4n) is 4.78. The molecular weight excluding hydrogens is 525 g/mol. The first kappa shape index (κ1) is 26.9. The van der Waals surface area contributed by atoms with Crippen molar-refractivity contribution < 1.29 is 31.2 Å². The molecule has 200 valence electrons. The highest BCUT2D eigenvalue weighted by Gasteiger charge is 2.59. The van der Waals surface area contributed by atoms with E-state index in [0.717, 1.165) is 17.0 Å². The molecule has 1 aliphatic heterocycles. The van der Waals surface area contributed by atoms with Crippen LogP contribution in [-0.2, 0) is 14.6 Å². The molecule has 2 atom stereocenters. The Hall–Kier alpha value is -4.20. The fourth-order valence-corrected chi connectivity index (χ4v) is 5.54. The molecule has 0 saturated carbocycles. The van der Waals surface area contributed by atoms with Gasteiger partial charge >= 0.3 is 11.5 Å². The highest BCUT2D eigenvalue weighted by Crippen LogP contribution is 2.46. The van der Waals surface area contributed by atoms with E-state index in [9.17, 15) is 31.2 Å². The van der Waals surface area contributed by atoms with Crippen LogP contribution in [0.3, 0.4) is 0 Å². The van der Waals surface area contributed by atoms with Crippen molar-refractivity contribution in [1.29, 1.82) is 0 Å². The zero-order valence-corrected chi connectivity index (χ0v) is 20.9. The third-order valence-electron chi connectivity index (χ3n) is 6.86. The van der Waals surface area contributed by atoms with E-state index in [4.69, 9.17) is 11.5 Å². The van der Waals surface area contributed by atoms with Crippen molar-refractivity contribution in [3.63, 3.8) is 0 Å². The number of hydrogen-bond donors (Lipinski definition) is 3. The summed E-state index contributed by atoms with van der Waals surface area (Å²) in [4.78, 5) is 35.1. The van der Waals surface area contributed by atoms with Crippen molar-refractivity contribution >= 4 is 38.8 Å². The summed E-state index contributed by atoms with van der Waals surface area (Å²) in [5, 5.41) is 2.77. The number of rotatable bonds is 6. The van der Waals surface area contributed by atoms with Crippen molar-refractivity contribution in [2.24, 2.45) is 0 Å². The highest BCUT2D eigenvalue weighted by atomic mass is 32.2. The molecule has 0 radical (unpaired) electrons. The smallest absolute Gasteiger partial charge is 0.397 e. The van der Waals surface area contributed by atoms with E-state index < -0.39 is 49.6 Å². The number of amides is 3. The summed E-state index contributed by atoms with van der Waals surface area (Å²) in [6, 6.07) is 5.67. The Labute approximate surface area is 215 Å². The molecule has 0 bridgehead atoms. The second-order valence-electron chi connectivity index (χ2n) is 8.84. The molecule has 3 amide bonds. The predicted molar refractivity (Wildman–Crippen MR) is 133 cm³/mol. The number of benzene rings is 1. The number of nitrogen functional groups attached to an aromatic ring is 2. The first-order valence-corrected chi connectivity index (χ1v) is 12.7. The van der Waals surface area contributed by atoms with Gasteiger partial charge in [-0.2, -0.15) is 13.2 Å². The van der Waals surface area contributed by atoms with Crippen LogP contribution in [0, 0.1) is 0 Å². The van der Waals surface area contributed by atoms with Crippen molar-refractivity contribution in [2.45, 2.75) is 41.6 Å². The van der Waals surface area contributed by atoms with Crippen LogP contribution in [0.15, 0.2) is 66.1 Å². The number of halogens is 3. The van der Waals surface area contributed by atoms with E-state index in [1.165, 1.54) is 24.8 Å². The van der Waals surface area contributed by atoms with Crippen LogP contribution in [0.5, 0.6) is 0 Å². The number of aromatic nitrogens is 2. The highest BCUT2D eigenvalue weighted by molar-refractivity contribution is 7.92. The molecular formula is C24H23F3N6O4S. The third-order valence-corrected chi connectivity index (χ3v) is 8.36. The van der Waals surface area contributed by atoms with Crippen LogP contribution in [0.4, 0.5) is 35.0 Å². The second kappa shape index (κ2) is 9.28. The molecule has 1 saturated heterocycles. The lowest BCUT2D eigenvalue weighted by Gasteiger charge is -2.39. The van der Waals surface area contributed by atoms with Crippen molar-refractivity contribution in [2.75, 3.05) is 16.4 Å². The Kier molecular flexibility index (Phi) is 6.55. The Morgan fingerprint density at radius 3 is 1.79 bits per heavy atom. The Morgan fingerprint density at radius 1 is 0.895 bits per heavy atom. The topological polar surface area (TPSA) is 161 Å². The largest absolute Gasteiger partial charge is 0.501 e. The van der Waals surface area contributed by atoms with Crippen molar-refractivity contribution in [3.05, 3.63) is 72.3 Å². The van der Waals surface area contributed by atoms with Gasteiger partial charge in [0.2, 0.25) is 0 Å². The fraction of sp³-hybridized carbons (Fsp3) is 0.250. The lowest BCUT2D eigenvalue weighted by atomic mass is 9.69. The van der Waals surface area contributed by atoms with Gasteiger partial charge in [0.15, 0.2) is 0 Å². The number of nitrogens with zero attached hydrogens (tertiary/aromatic N) is 3. The normalized spacial score (nSPS) is 19.8. The molecule has 2 aromatic heterocycles. The minimum absolute atomic E-state index is 0.125. The zero-order chi connectivity index (χ0) is 28.0. The van der Waals surface area contributed by atoms with Crippen LogP contribution in [0.1, 0.15) is 36.8 Å². The summed E-state index contributed by atoms with van der Waals surface area (Å²) in [7, 11) is -5.62. The lowest BCUT2D eigenvalue weighted by Crippen LogP contribution is -2.55. The van der Waals surface area contributed by atoms with Crippen LogP contribution >= 0.6 is 0 Å². The predicted octanol–water partition coefficient (Wildman–Crippen LogP) is 3.34. The molecule has 1 aromatic carbocycles. The van der Waals surface area contributed by atoms with E-state index in [1.807, 2.05) is 0 Å². The van der Waals surface area contributed by atoms with Gasteiger partial charge in [-0.3, -0.25) is 14.8 Å². The Bertz CT molecular complexity index is 1460. The van der Waals surface area contributed by atoms with Gasteiger partial charge in [0, 0.05) is 24.2 Å². The number of alkyl halides is 3. The minimum Gasteiger partial charge on any atom is -0.397 e. The van der Waals surface area contributed by atoms with E-state index in [-0.39, 0.29) is 17.1 Å². The van der Waals surface area contributed by atoms with Crippen molar-refractivity contribution in [1.82, 2.24) is 15.3 Å². The molecule has 4 rings (SSSR count). The summed E-state index contributed by atoms with van der Waals surface area (Å²) in [6.07, 6.45) is 5.79. The molecule has 5 N–H and O–H groups in total. The molecule has 3 heterocycles. The second-order valence-corrected chi connectivity index (χ2v) is 10.8. The maximum absolute atomic E-state index is 14.2. The van der Waals surface area contributed by atoms with Gasteiger partial charge in [0.05, 0.1) is 34.4 Å². The molecule has 10 nitrogen and oxygen atoms in total. The van der Waals surface area contributed by atoms with E-state index in [2.05, 4.69) is 15.3 Å². The van der Waals surface area contributed by atoms with Crippen LogP contribution in [0.2, 0.25) is 0 Å². The van der Waals surface area contributed by atoms with E-state index in [1.54, 1.807) is 26.0 Å². The van der Waals surface area contributed by atoms with Gasteiger partial charge in [-0.1, -0.05) is 13.8 Å². The van der Waals surface area contributed by atoms with Gasteiger partial charge in [0.25, 0.3) is 15.7 Å². The van der Waals surface area contributed by atoms with Gasteiger partial charge in [-0.25, -0.2) is 18.1 Å². The first-order valence-electron chi connectivity index (χ1n) is 11.2. The number of anilines is 3. The number of carbonyl (C=O) groups is 2. The summed E-state index contributed by atoms with van der Waals surface area (Å²) >= 11 is 0. The van der Waals surface area contributed by atoms with Gasteiger partial charge in [0.1, 0.15) is 5.54 Å². The number of hydrogen-bond acceptors (Lipinski definition) is 8. The average molecular weight is 549 g/mol. The summed E-state index contributed by atoms with van der Waals surface area (Å²) < 4.78 is 62.4. The molecule has 1 fully saturated rings. The minimum atomic E-state index is -5.62. The molecule has 1 aliphatic rings. The van der Waals surface area contributed by atoms with Gasteiger partial charge in [-0.15, -0.1) is 0 Å². The standard InChI is InChI=1S/C24H23F3N6O4S/c1-13(17-7-9-30-11-19(17)28)23(14(2)18-8-10-31-12-20(18)29)21(34)33(22(35)32-23)15-3-5-16(6-4-15)38(36,37)24(25,26)27/h3-14H,28-29H2,1-2H3,(H,32,35). The third kappa shape index (κ3) is 4.10. The summed E-state index contributed by atoms with van der Waals surface area (Å²) in [5.74, 6) is -2.21. The molecule has 0 aliphatic carbocycles. The van der Waals surface area contributed by atoms with E-state index >= 15 is 0 Å². The lowest BCUT2D eigenvalue weighted by molar-refractivity contribution is -0.123. The quantitative estimate of drug-likeness (QED) is 0.395. The van der Waals surface area contributed by atoms with Crippen LogP contribution in [-0.4, -0.2) is 41.4 Å². The average Bonchev–Trinajstić information content (AvgIpc) is 3.13. The van der Waals surface area contributed by atoms with Crippen LogP contribution in [0.25, 0.3) is 0 Å². The van der Waals surface area contributed by atoms with Gasteiger partial charge < -0.3 is 16.8 Å². The molecule has 0 spiro atoms. The van der Waals surface area contributed by atoms with Crippen LogP contribution < -0.4 is 21.7 Å². The number of nitrogens with two attached hydrogens (primary N) is 2. The molecule has 38 heavy (non-hydrogen) atoms. The monoisotopic (exact) mass is 548 g/mol. The molecule has 3 aromatic rings. The number of imide groups is 1. The maximum Gasteiger partial charge on any atom is 0.501 e. The van der Waals surface area contributed by atoms with Gasteiger partial charge in [-0.05, 0) is 47.5 Å². The number of nitrogens with one attached hydrogen (secondary N) is 1.